The van der Waals surface area contributed by atoms with E-state index in [1.165, 1.54) is 6.07 Å². The average molecular weight is 521 g/mol. The van der Waals surface area contributed by atoms with Crippen LogP contribution >= 0.6 is 11.6 Å². The lowest BCUT2D eigenvalue weighted by molar-refractivity contribution is -0.136. The molecule has 0 aliphatic carbocycles. The molecule has 1 amide bonds. The number of carbonyl (C=O) groups excluding carboxylic acids is 1. The number of H-pyrrole nitrogens is 1. The quantitative estimate of drug-likeness (QED) is 0.194. The zero-order valence-electron chi connectivity index (χ0n) is 20.6. The van der Waals surface area contributed by atoms with Gasteiger partial charge in [-0.1, -0.05) is 73.8 Å². The second-order valence-corrected chi connectivity index (χ2v) is 9.65. The Kier molecular flexibility index (Phi) is 8.62. The molecule has 0 bridgehead atoms. The molecule has 3 aromatic carbocycles. The molecular weight excluding hydrogens is 491 g/mol. The molecule has 0 saturated heterocycles. The number of halogens is 2. The molecule has 0 fully saturated rings. The standard InChI is InChI=1S/C30H30ClFN2O3/c1-2-3-9-23(19-10-12-21(13-11-19)30(37)33-15-14-27(35)36)28(20-7-5-4-6-8-20)25-18-34-29-24(25)16-22(31)17-26(29)32/h4-8,10-13,16-18,23,28,34H,2-3,9,14-15H2,1H3,(H,33,37)(H,35,36). The number of aromatic amines is 1. The van der Waals surface area contributed by atoms with Crippen LogP contribution in [0.25, 0.3) is 10.9 Å². The van der Waals surface area contributed by atoms with E-state index in [9.17, 15) is 14.0 Å². The summed E-state index contributed by atoms with van der Waals surface area (Å²) in [7, 11) is 0. The Balaban J connectivity index is 1.75. The molecule has 3 N–H and O–H groups in total. The normalized spacial score (nSPS) is 12.8. The van der Waals surface area contributed by atoms with Crippen molar-refractivity contribution < 1.29 is 19.1 Å². The molecule has 0 aliphatic heterocycles. The van der Waals surface area contributed by atoms with Crippen molar-refractivity contribution >= 4 is 34.4 Å². The summed E-state index contributed by atoms with van der Waals surface area (Å²) in [5.41, 5.74) is 4.06. The van der Waals surface area contributed by atoms with Crippen LogP contribution in [-0.4, -0.2) is 28.5 Å². The molecule has 2 atom stereocenters. The number of aliphatic carboxylic acids is 1. The third-order valence-corrected chi connectivity index (χ3v) is 6.95. The molecule has 4 rings (SSSR count). The number of carboxylic acid groups (broad SMARTS) is 1. The van der Waals surface area contributed by atoms with E-state index in [0.717, 1.165) is 41.3 Å². The van der Waals surface area contributed by atoms with Crippen molar-refractivity contribution in [2.24, 2.45) is 0 Å². The van der Waals surface area contributed by atoms with Crippen LogP contribution in [0.2, 0.25) is 5.02 Å². The minimum absolute atomic E-state index is 0.0625. The van der Waals surface area contributed by atoms with Crippen molar-refractivity contribution in [1.82, 2.24) is 10.3 Å². The first-order valence-corrected chi connectivity index (χ1v) is 12.9. The van der Waals surface area contributed by atoms with E-state index in [-0.39, 0.29) is 36.5 Å². The Morgan fingerprint density at radius 3 is 2.46 bits per heavy atom. The van der Waals surface area contributed by atoms with Crippen LogP contribution in [0.5, 0.6) is 0 Å². The fourth-order valence-corrected chi connectivity index (χ4v) is 5.14. The van der Waals surface area contributed by atoms with Gasteiger partial charge in [0.25, 0.3) is 5.91 Å². The number of amides is 1. The topological polar surface area (TPSA) is 82.2 Å². The predicted molar refractivity (Wildman–Crippen MR) is 145 cm³/mol. The first kappa shape index (κ1) is 26.4. The highest BCUT2D eigenvalue weighted by Gasteiger charge is 2.29. The number of carboxylic acids is 1. The minimum atomic E-state index is -0.959. The molecule has 7 heteroatoms. The lowest BCUT2D eigenvalue weighted by atomic mass is 9.74. The van der Waals surface area contributed by atoms with E-state index in [2.05, 4.69) is 29.4 Å². The number of benzene rings is 3. The third-order valence-electron chi connectivity index (χ3n) is 6.73. The molecule has 0 radical (unpaired) electrons. The van der Waals surface area contributed by atoms with Gasteiger partial charge in [-0.2, -0.15) is 0 Å². The molecule has 5 nitrogen and oxygen atoms in total. The van der Waals surface area contributed by atoms with E-state index in [0.29, 0.717) is 16.1 Å². The summed E-state index contributed by atoms with van der Waals surface area (Å²) in [5.74, 6) is -1.66. The lowest BCUT2D eigenvalue weighted by Crippen LogP contribution is -2.26. The minimum Gasteiger partial charge on any atom is -0.481 e. The molecular formula is C30H30ClFN2O3. The van der Waals surface area contributed by atoms with Gasteiger partial charge in [0.1, 0.15) is 5.82 Å². The van der Waals surface area contributed by atoms with Crippen molar-refractivity contribution in [1.29, 1.82) is 0 Å². The second kappa shape index (κ2) is 12.1. The number of aromatic nitrogens is 1. The van der Waals surface area contributed by atoms with Crippen LogP contribution in [0, 0.1) is 5.82 Å². The maximum atomic E-state index is 14.7. The largest absolute Gasteiger partial charge is 0.481 e. The van der Waals surface area contributed by atoms with Crippen LogP contribution in [-0.2, 0) is 4.79 Å². The molecule has 4 aromatic rings. The molecule has 2 unspecified atom stereocenters. The lowest BCUT2D eigenvalue weighted by Gasteiger charge is -2.29. The number of carbonyl (C=O) groups is 2. The molecule has 192 valence electrons. The number of nitrogens with one attached hydrogen (secondary N) is 2. The Morgan fingerprint density at radius 1 is 1.05 bits per heavy atom. The monoisotopic (exact) mass is 520 g/mol. The summed E-state index contributed by atoms with van der Waals surface area (Å²) in [6.07, 6.45) is 4.68. The van der Waals surface area contributed by atoms with Crippen LogP contribution in [0.15, 0.2) is 72.9 Å². The molecule has 1 aromatic heterocycles. The van der Waals surface area contributed by atoms with Gasteiger partial charge in [-0.15, -0.1) is 0 Å². The van der Waals surface area contributed by atoms with Gasteiger partial charge in [0.15, 0.2) is 0 Å². The number of unbranched alkanes of at least 4 members (excludes halogenated alkanes) is 1. The predicted octanol–water partition coefficient (Wildman–Crippen LogP) is 7.27. The van der Waals surface area contributed by atoms with Gasteiger partial charge in [0.2, 0.25) is 0 Å². The zero-order chi connectivity index (χ0) is 26.4. The van der Waals surface area contributed by atoms with Crippen LogP contribution < -0.4 is 5.32 Å². The van der Waals surface area contributed by atoms with E-state index in [1.807, 2.05) is 42.6 Å². The fraction of sp³-hybridized carbons (Fsp3) is 0.267. The van der Waals surface area contributed by atoms with Crippen molar-refractivity contribution in [2.45, 2.75) is 44.4 Å². The first-order chi connectivity index (χ1) is 17.9. The van der Waals surface area contributed by atoms with Crippen molar-refractivity contribution in [3.63, 3.8) is 0 Å². The summed E-state index contributed by atoms with van der Waals surface area (Å²) >= 11 is 6.26. The summed E-state index contributed by atoms with van der Waals surface area (Å²) in [6, 6.07) is 20.8. The second-order valence-electron chi connectivity index (χ2n) is 9.21. The smallest absolute Gasteiger partial charge is 0.305 e. The Hall–Kier alpha value is -3.64. The highest BCUT2D eigenvalue weighted by molar-refractivity contribution is 6.31. The molecule has 37 heavy (non-hydrogen) atoms. The van der Waals surface area contributed by atoms with Gasteiger partial charge in [-0.3, -0.25) is 9.59 Å². The van der Waals surface area contributed by atoms with Gasteiger partial charge in [0, 0.05) is 34.6 Å². The number of hydrogen-bond acceptors (Lipinski definition) is 2. The van der Waals surface area contributed by atoms with E-state index in [1.54, 1.807) is 12.1 Å². The number of rotatable bonds is 11. The maximum absolute atomic E-state index is 14.7. The van der Waals surface area contributed by atoms with Gasteiger partial charge < -0.3 is 15.4 Å². The van der Waals surface area contributed by atoms with Crippen LogP contribution in [0.1, 0.15) is 71.5 Å². The van der Waals surface area contributed by atoms with Gasteiger partial charge in [-0.05, 0) is 53.3 Å². The third kappa shape index (κ3) is 6.20. The van der Waals surface area contributed by atoms with E-state index in [4.69, 9.17) is 16.7 Å². The van der Waals surface area contributed by atoms with Crippen LogP contribution in [0.4, 0.5) is 4.39 Å². The van der Waals surface area contributed by atoms with E-state index >= 15 is 0 Å². The average Bonchev–Trinajstić information content (AvgIpc) is 3.30. The Bertz CT molecular complexity index is 1370. The van der Waals surface area contributed by atoms with E-state index < -0.39 is 5.97 Å². The van der Waals surface area contributed by atoms with Crippen molar-refractivity contribution in [2.75, 3.05) is 6.54 Å². The highest BCUT2D eigenvalue weighted by atomic mass is 35.5. The zero-order valence-corrected chi connectivity index (χ0v) is 21.4. The summed E-state index contributed by atoms with van der Waals surface area (Å²) in [4.78, 5) is 26.3. The van der Waals surface area contributed by atoms with Gasteiger partial charge in [-0.25, -0.2) is 4.39 Å². The summed E-state index contributed by atoms with van der Waals surface area (Å²) in [6.45, 7) is 2.23. The summed E-state index contributed by atoms with van der Waals surface area (Å²) < 4.78 is 14.7. The maximum Gasteiger partial charge on any atom is 0.305 e. The first-order valence-electron chi connectivity index (χ1n) is 12.5. The fourth-order valence-electron chi connectivity index (χ4n) is 4.94. The molecule has 0 spiro atoms. The molecule has 0 aliphatic rings. The van der Waals surface area contributed by atoms with Gasteiger partial charge >= 0.3 is 5.97 Å². The highest BCUT2D eigenvalue weighted by Crippen LogP contribution is 2.44. The number of hydrogen-bond donors (Lipinski definition) is 3. The summed E-state index contributed by atoms with van der Waals surface area (Å²) in [5, 5.41) is 12.6. The number of fused-ring (bicyclic) bond motifs is 1. The Labute approximate surface area is 220 Å². The molecule has 1 heterocycles. The van der Waals surface area contributed by atoms with Crippen molar-refractivity contribution in [3.8, 4) is 0 Å². The van der Waals surface area contributed by atoms with Crippen LogP contribution in [0.3, 0.4) is 0 Å². The molecule has 0 saturated carbocycles. The van der Waals surface area contributed by atoms with Crippen molar-refractivity contribution in [3.05, 3.63) is 106 Å². The van der Waals surface area contributed by atoms with Gasteiger partial charge in [0.05, 0.1) is 11.9 Å². The SMILES string of the molecule is CCCCC(c1ccc(C(=O)NCCC(=O)O)cc1)C(c1ccccc1)c1c[nH]c2c(F)cc(Cl)cc12. The Morgan fingerprint density at radius 2 is 1.78 bits per heavy atom.